The molecule has 0 atom stereocenters. The fourth-order valence-electron chi connectivity index (χ4n) is 3.34. The Balaban J connectivity index is 1.60. The predicted octanol–water partition coefficient (Wildman–Crippen LogP) is 2.87. The van der Waals surface area contributed by atoms with E-state index in [4.69, 9.17) is 5.11 Å². The average Bonchev–Trinajstić information content (AvgIpc) is 2.68. The molecule has 0 radical (unpaired) electrons. The molecule has 2 amide bonds. The molecule has 3 rings (SSSR count). The molecule has 0 aromatic heterocycles. The van der Waals surface area contributed by atoms with Crippen molar-refractivity contribution in [1.82, 2.24) is 10.2 Å². The number of piperidine rings is 1. The molecule has 0 unspecified atom stereocenters. The lowest BCUT2D eigenvalue weighted by atomic mass is 10.0. The van der Waals surface area contributed by atoms with Gasteiger partial charge in [-0.3, -0.25) is 9.59 Å². The minimum absolute atomic E-state index is 0.0472. The number of carboxylic acids is 1. The maximum absolute atomic E-state index is 13.8. The SMILES string of the molecule is Cc1cc(C(=O)O)cc(C(=O)NC2CCN(C(=O)c3ccccc3F)CC2)c1. The standard InChI is InChI=1S/C21H21FN2O4/c1-13-10-14(12-15(11-13)21(27)28)19(25)23-16-6-8-24(9-7-16)20(26)17-4-2-3-5-18(17)22/h2-5,10-12,16H,6-9H2,1H3,(H,23,25)(H,27,28). The zero-order chi connectivity index (χ0) is 20.3. The molecule has 1 aliphatic heterocycles. The fourth-order valence-corrected chi connectivity index (χ4v) is 3.34. The first kappa shape index (κ1) is 19.5. The third-order valence-corrected chi connectivity index (χ3v) is 4.81. The Morgan fingerprint density at radius 3 is 2.36 bits per heavy atom. The Hall–Kier alpha value is -3.22. The molecule has 2 aromatic rings. The van der Waals surface area contributed by atoms with Crippen LogP contribution in [0.25, 0.3) is 0 Å². The molecule has 0 bridgehead atoms. The lowest BCUT2D eigenvalue weighted by molar-refractivity contribution is 0.0686. The van der Waals surface area contributed by atoms with E-state index in [1.54, 1.807) is 24.0 Å². The highest BCUT2D eigenvalue weighted by molar-refractivity contribution is 5.98. The van der Waals surface area contributed by atoms with Crippen molar-refractivity contribution in [3.8, 4) is 0 Å². The Morgan fingerprint density at radius 1 is 1.07 bits per heavy atom. The van der Waals surface area contributed by atoms with Crippen molar-refractivity contribution in [1.29, 1.82) is 0 Å². The van der Waals surface area contributed by atoms with Crippen molar-refractivity contribution in [2.75, 3.05) is 13.1 Å². The molecular weight excluding hydrogens is 363 g/mol. The zero-order valence-electron chi connectivity index (χ0n) is 15.4. The second-order valence-electron chi connectivity index (χ2n) is 6.91. The molecule has 1 aliphatic rings. The number of carboxylic acid groups (broad SMARTS) is 1. The molecule has 1 heterocycles. The van der Waals surface area contributed by atoms with Crippen LogP contribution in [0.15, 0.2) is 42.5 Å². The fraction of sp³-hybridized carbons (Fsp3) is 0.286. The summed E-state index contributed by atoms with van der Waals surface area (Å²) in [6.07, 6.45) is 1.09. The summed E-state index contributed by atoms with van der Waals surface area (Å²) in [4.78, 5) is 37.7. The number of carbonyl (C=O) groups excluding carboxylic acids is 2. The van der Waals surface area contributed by atoms with Crippen molar-refractivity contribution in [3.05, 3.63) is 70.5 Å². The van der Waals surface area contributed by atoms with Gasteiger partial charge in [0.1, 0.15) is 5.82 Å². The summed E-state index contributed by atoms with van der Waals surface area (Å²) in [7, 11) is 0. The third kappa shape index (κ3) is 4.36. The zero-order valence-corrected chi connectivity index (χ0v) is 15.4. The van der Waals surface area contributed by atoms with E-state index >= 15 is 0 Å². The van der Waals surface area contributed by atoms with Crippen LogP contribution < -0.4 is 5.32 Å². The lowest BCUT2D eigenvalue weighted by Gasteiger charge is -2.32. The summed E-state index contributed by atoms with van der Waals surface area (Å²) in [5.41, 5.74) is 1.10. The molecule has 28 heavy (non-hydrogen) atoms. The van der Waals surface area contributed by atoms with Gasteiger partial charge >= 0.3 is 5.97 Å². The van der Waals surface area contributed by atoms with E-state index in [1.807, 2.05) is 0 Å². The Kier molecular flexibility index (Phi) is 5.73. The van der Waals surface area contributed by atoms with Crippen LogP contribution in [-0.4, -0.2) is 46.9 Å². The minimum Gasteiger partial charge on any atom is -0.478 e. The quantitative estimate of drug-likeness (QED) is 0.849. The number of aromatic carboxylic acids is 1. The first-order valence-corrected chi connectivity index (χ1v) is 9.05. The molecule has 1 saturated heterocycles. The molecule has 0 aliphatic carbocycles. The topological polar surface area (TPSA) is 86.7 Å². The van der Waals surface area contributed by atoms with Gasteiger partial charge in [-0.25, -0.2) is 9.18 Å². The first-order valence-electron chi connectivity index (χ1n) is 9.05. The number of hydrogen-bond donors (Lipinski definition) is 2. The second kappa shape index (κ2) is 8.21. The van der Waals surface area contributed by atoms with Gasteiger partial charge in [0.2, 0.25) is 0 Å². The second-order valence-corrected chi connectivity index (χ2v) is 6.91. The van der Waals surface area contributed by atoms with Crippen LogP contribution in [0, 0.1) is 12.7 Å². The molecule has 2 aromatic carbocycles. The minimum atomic E-state index is -1.09. The number of halogens is 1. The van der Waals surface area contributed by atoms with Gasteiger partial charge in [-0.05, 0) is 55.7 Å². The Morgan fingerprint density at radius 2 is 1.71 bits per heavy atom. The van der Waals surface area contributed by atoms with E-state index in [9.17, 15) is 18.8 Å². The third-order valence-electron chi connectivity index (χ3n) is 4.81. The van der Waals surface area contributed by atoms with Gasteiger partial charge in [-0.1, -0.05) is 12.1 Å². The normalized spacial score (nSPS) is 14.6. The number of likely N-dealkylation sites (tertiary alicyclic amines) is 1. The number of carbonyl (C=O) groups is 3. The van der Waals surface area contributed by atoms with Gasteiger partial charge in [0.25, 0.3) is 11.8 Å². The maximum atomic E-state index is 13.8. The number of nitrogens with one attached hydrogen (secondary N) is 1. The number of benzene rings is 2. The molecule has 2 N–H and O–H groups in total. The van der Waals surface area contributed by atoms with E-state index in [0.29, 0.717) is 37.1 Å². The Labute approximate surface area is 162 Å². The van der Waals surface area contributed by atoms with Crippen LogP contribution in [0.2, 0.25) is 0 Å². The summed E-state index contributed by atoms with van der Waals surface area (Å²) < 4.78 is 13.8. The van der Waals surface area contributed by atoms with Crippen LogP contribution in [0.5, 0.6) is 0 Å². The number of amides is 2. The van der Waals surface area contributed by atoms with Crippen molar-refractivity contribution >= 4 is 17.8 Å². The van der Waals surface area contributed by atoms with Gasteiger partial charge in [0.05, 0.1) is 11.1 Å². The first-order chi connectivity index (χ1) is 13.3. The molecule has 1 fully saturated rings. The highest BCUT2D eigenvalue weighted by atomic mass is 19.1. The smallest absolute Gasteiger partial charge is 0.335 e. The van der Waals surface area contributed by atoms with Gasteiger partial charge in [-0.15, -0.1) is 0 Å². The highest BCUT2D eigenvalue weighted by Gasteiger charge is 2.26. The van der Waals surface area contributed by atoms with E-state index in [2.05, 4.69) is 5.32 Å². The lowest BCUT2D eigenvalue weighted by Crippen LogP contribution is -2.46. The van der Waals surface area contributed by atoms with Crippen LogP contribution in [-0.2, 0) is 0 Å². The van der Waals surface area contributed by atoms with E-state index in [1.165, 1.54) is 30.3 Å². The number of rotatable bonds is 4. The van der Waals surface area contributed by atoms with E-state index in [0.717, 1.165) is 0 Å². The van der Waals surface area contributed by atoms with Crippen molar-refractivity contribution < 1.29 is 23.9 Å². The average molecular weight is 384 g/mol. The van der Waals surface area contributed by atoms with Crippen LogP contribution >= 0.6 is 0 Å². The van der Waals surface area contributed by atoms with Crippen molar-refractivity contribution in [3.63, 3.8) is 0 Å². The van der Waals surface area contributed by atoms with Crippen LogP contribution in [0.1, 0.15) is 49.5 Å². The van der Waals surface area contributed by atoms with Crippen molar-refractivity contribution in [2.24, 2.45) is 0 Å². The predicted molar refractivity (Wildman–Crippen MR) is 101 cm³/mol. The van der Waals surface area contributed by atoms with Crippen LogP contribution in [0.4, 0.5) is 4.39 Å². The molecule has 7 heteroatoms. The molecular formula is C21H21FN2O4. The monoisotopic (exact) mass is 384 g/mol. The molecule has 6 nitrogen and oxygen atoms in total. The number of hydrogen-bond acceptors (Lipinski definition) is 3. The summed E-state index contributed by atoms with van der Waals surface area (Å²) in [6.45, 7) is 2.55. The van der Waals surface area contributed by atoms with Gasteiger partial charge in [-0.2, -0.15) is 0 Å². The van der Waals surface area contributed by atoms with Gasteiger partial charge in [0.15, 0.2) is 0 Å². The van der Waals surface area contributed by atoms with Gasteiger partial charge < -0.3 is 15.3 Å². The summed E-state index contributed by atoms with van der Waals surface area (Å²) in [5.74, 6) is -2.33. The van der Waals surface area contributed by atoms with Gasteiger partial charge in [0, 0.05) is 24.7 Å². The maximum Gasteiger partial charge on any atom is 0.335 e. The largest absolute Gasteiger partial charge is 0.478 e. The molecule has 146 valence electrons. The van der Waals surface area contributed by atoms with E-state index in [-0.39, 0.29) is 29.0 Å². The molecule has 0 saturated carbocycles. The summed E-state index contributed by atoms with van der Waals surface area (Å²) in [6, 6.07) is 10.2. The summed E-state index contributed by atoms with van der Waals surface area (Å²) >= 11 is 0. The Bertz CT molecular complexity index is 920. The van der Waals surface area contributed by atoms with Crippen LogP contribution in [0.3, 0.4) is 0 Å². The molecule has 0 spiro atoms. The van der Waals surface area contributed by atoms with Crippen molar-refractivity contribution in [2.45, 2.75) is 25.8 Å². The van der Waals surface area contributed by atoms with E-state index < -0.39 is 11.8 Å². The highest BCUT2D eigenvalue weighted by Crippen LogP contribution is 2.17. The number of nitrogens with zero attached hydrogens (tertiary/aromatic N) is 1. The summed E-state index contributed by atoms with van der Waals surface area (Å²) in [5, 5.41) is 12.0. The number of aryl methyl sites for hydroxylation is 1.